The Morgan fingerprint density at radius 1 is 1.28 bits per heavy atom. The zero-order chi connectivity index (χ0) is 13.5. The zero-order valence-corrected chi connectivity index (χ0v) is 11.5. The monoisotopic (exact) mass is 249 g/mol. The third-order valence-corrected chi connectivity index (χ3v) is 2.95. The number of aryl methyl sites for hydroxylation is 2. The van der Waals surface area contributed by atoms with E-state index in [9.17, 15) is 0 Å². The van der Waals surface area contributed by atoms with E-state index >= 15 is 0 Å². The van der Waals surface area contributed by atoms with Crippen molar-refractivity contribution >= 4 is 5.84 Å². The maximum absolute atomic E-state index is 8.53. The Hall–Kier alpha value is -1.55. The number of hydrogen-bond donors (Lipinski definition) is 2. The minimum atomic E-state index is 0.286. The average molecular weight is 249 g/mol. The fourth-order valence-corrected chi connectivity index (χ4v) is 2.09. The number of hydrogen-bond acceptors (Lipinski definition) is 3. The van der Waals surface area contributed by atoms with E-state index in [1.54, 1.807) is 0 Å². The van der Waals surface area contributed by atoms with Crippen LogP contribution in [-0.2, 0) is 6.54 Å². The van der Waals surface area contributed by atoms with Gasteiger partial charge < -0.3 is 10.9 Å². The average Bonchev–Trinajstić information content (AvgIpc) is 2.32. The van der Waals surface area contributed by atoms with E-state index in [0.717, 1.165) is 19.6 Å². The standard InChI is InChI=1S/C14H23N3O/c1-4-17(6-5-14(15)16-18)10-13-8-11(2)7-12(3)9-13/h7-9,18H,4-6,10H2,1-3H3,(H2,15,16). The minimum absolute atomic E-state index is 0.286. The summed E-state index contributed by atoms with van der Waals surface area (Å²) in [6.45, 7) is 9.00. The SMILES string of the molecule is CCN(CC/C(N)=N/O)Cc1cc(C)cc(C)c1. The van der Waals surface area contributed by atoms with Crippen LogP contribution in [0.4, 0.5) is 0 Å². The predicted octanol–water partition coefficient (Wildman–Crippen LogP) is 2.26. The van der Waals surface area contributed by atoms with Gasteiger partial charge in [-0.2, -0.15) is 0 Å². The lowest BCUT2D eigenvalue weighted by Crippen LogP contribution is -2.27. The first kappa shape index (κ1) is 14.5. The van der Waals surface area contributed by atoms with Crippen molar-refractivity contribution in [3.8, 4) is 0 Å². The van der Waals surface area contributed by atoms with Gasteiger partial charge in [0, 0.05) is 19.5 Å². The third kappa shape index (κ3) is 4.75. The van der Waals surface area contributed by atoms with Gasteiger partial charge in [0.25, 0.3) is 0 Å². The molecule has 0 atom stereocenters. The highest BCUT2D eigenvalue weighted by Crippen LogP contribution is 2.11. The van der Waals surface area contributed by atoms with Crippen LogP contribution in [-0.4, -0.2) is 29.0 Å². The Morgan fingerprint density at radius 2 is 1.89 bits per heavy atom. The molecule has 1 aromatic carbocycles. The van der Waals surface area contributed by atoms with Crippen LogP contribution < -0.4 is 5.73 Å². The summed E-state index contributed by atoms with van der Waals surface area (Å²) in [5, 5.41) is 11.5. The smallest absolute Gasteiger partial charge is 0.140 e. The fourth-order valence-electron chi connectivity index (χ4n) is 2.09. The predicted molar refractivity (Wildman–Crippen MR) is 74.9 cm³/mol. The molecular formula is C14H23N3O. The van der Waals surface area contributed by atoms with Gasteiger partial charge in [0.15, 0.2) is 0 Å². The molecule has 0 unspecified atom stereocenters. The van der Waals surface area contributed by atoms with Crippen molar-refractivity contribution in [2.24, 2.45) is 10.9 Å². The molecule has 4 nitrogen and oxygen atoms in total. The molecule has 18 heavy (non-hydrogen) atoms. The third-order valence-electron chi connectivity index (χ3n) is 2.95. The van der Waals surface area contributed by atoms with E-state index in [1.165, 1.54) is 16.7 Å². The molecule has 100 valence electrons. The first-order valence-electron chi connectivity index (χ1n) is 6.31. The highest BCUT2D eigenvalue weighted by atomic mass is 16.4. The molecule has 0 bridgehead atoms. The molecule has 0 saturated carbocycles. The van der Waals surface area contributed by atoms with Crippen molar-refractivity contribution in [1.29, 1.82) is 0 Å². The maximum Gasteiger partial charge on any atom is 0.140 e. The van der Waals surface area contributed by atoms with Gasteiger partial charge in [-0.3, -0.25) is 4.90 Å². The Kier molecular flexibility index (Phi) is 5.65. The highest BCUT2D eigenvalue weighted by Gasteiger charge is 2.06. The summed E-state index contributed by atoms with van der Waals surface area (Å²) >= 11 is 0. The molecule has 0 aliphatic heterocycles. The van der Waals surface area contributed by atoms with Crippen molar-refractivity contribution in [3.05, 3.63) is 34.9 Å². The maximum atomic E-state index is 8.53. The van der Waals surface area contributed by atoms with Crippen LogP contribution in [0.25, 0.3) is 0 Å². The molecule has 0 aliphatic rings. The van der Waals surface area contributed by atoms with E-state index in [4.69, 9.17) is 10.9 Å². The van der Waals surface area contributed by atoms with E-state index in [0.29, 0.717) is 6.42 Å². The first-order valence-corrected chi connectivity index (χ1v) is 6.31. The van der Waals surface area contributed by atoms with Gasteiger partial charge >= 0.3 is 0 Å². The van der Waals surface area contributed by atoms with Gasteiger partial charge in [-0.25, -0.2) is 0 Å². The first-order chi connectivity index (χ1) is 8.55. The molecule has 0 aliphatic carbocycles. The van der Waals surface area contributed by atoms with Crippen LogP contribution in [0.1, 0.15) is 30.0 Å². The number of benzene rings is 1. The zero-order valence-electron chi connectivity index (χ0n) is 11.5. The van der Waals surface area contributed by atoms with Gasteiger partial charge in [0.05, 0.1) is 0 Å². The number of amidine groups is 1. The molecule has 0 fully saturated rings. The Morgan fingerprint density at radius 3 is 2.39 bits per heavy atom. The number of nitrogens with zero attached hydrogens (tertiary/aromatic N) is 2. The molecular weight excluding hydrogens is 226 g/mol. The summed E-state index contributed by atoms with van der Waals surface area (Å²) in [5.41, 5.74) is 9.38. The van der Waals surface area contributed by atoms with Crippen LogP contribution in [0.15, 0.2) is 23.4 Å². The fraction of sp³-hybridized carbons (Fsp3) is 0.500. The Balaban J connectivity index is 2.62. The molecule has 4 heteroatoms. The molecule has 1 rings (SSSR count). The minimum Gasteiger partial charge on any atom is -0.409 e. The van der Waals surface area contributed by atoms with Crippen molar-refractivity contribution in [3.63, 3.8) is 0 Å². The van der Waals surface area contributed by atoms with Crippen LogP contribution in [0.5, 0.6) is 0 Å². The van der Waals surface area contributed by atoms with Crippen LogP contribution >= 0.6 is 0 Å². The van der Waals surface area contributed by atoms with Crippen molar-refractivity contribution in [2.45, 2.75) is 33.7 Å². The van der Waals surface area contributed by atoms with E-state index in [1.807, 2.05) is 0 Å². The summed E-state index contributed by atoms with van der Waals surface area (Å²) in [5.74, 6) is 0.286. The Labute approximate surface area is 109 Å². The topological polar surface area (TPSA) is 61.8 Å². The van der Waals surface area contributed by atoms with Gasteiger partial charge in [-0.05, 0) is 26.0 Å². The second kappa shape index (κ2) is 7.01. The van der Waals surface area contributed by atoms with Crippen LogP contribution in [0.3, 0.4) is 0 Å². The van der Waals surface area contributed by atoms with Gasteiger partial charge in [-0.15, -0.1) is 0 Å². The van der Waals surface area contributed by atoms with Gasteiger partial charge in [0.1, 0.15) is 5.84 Å². The molecule has 0 amide bonds. The van der Waals surface area contributed by atoms with Crippen molar-refractivity contribution in [2.75, 3.05) is 13.1 Å². The summed E-state index contributed by atoms with van der Waals surface area (Å²) < 4.78 is 0. The molecule has 0 radical (unpaired) electrons. The summed E-state index contributed by atoms with van der Waals surface area (Å²) in [6.07, 6.45) is 0.592. The lowest BCUT2D eigenvalue weighted by Gasteiger charge is -2.20. The number of nitrogens with two attached hydrogens (primary N) is 1. The molecule has 0 spiro atoms. The number of rotatable bonds is 6. The molecule has 0 aromatic heterocycles. The van der Waals surface area contributed by atoms with Gasteiger partial charge in [0.2, 0.25) is 0 Å². The molecule has 0 heterocycles. The van der Waals surface area contributed by atoms with Crippen molar-refractivity contribution < 1.29 is 5.21 Å². The second-order valence-corrected chi connectivity index (χ2v) is 4.71. The highest BCUT2D eigenvalue weighted by molar-refractivity contribution is 5.79. The summed E-state index contributed by atoms with van der Waals surface area (Å²) in [4.78, 5) is 2.28. The van der Waals surface area contributed by atoms with Crippen molar-refractivity contribution in [1.82, 2.24) is 4.90 Å². The van der Waals surface area contributed by atoms with Gasteiger partial charge in [-0.1, -0.05) is 41.4 Å². The number of oxime groups is 1. The van der Waals surface area contributed by atoms with Crippen LogP contribution in [0, 0.1) is 13.8 Å². The second-order valence-electron chi connectivity index (χ2n) is 4.71. The van der Waals surface area contributed by atoms with Crippen LogP contribution in [0.2, 0.25) is 0 Å². The molecule has 3 N–H and O–H groups in total. The van der Waals surface area contributed by atoms with E-state index in [2.05, 4.69) is 49.0 Å². The largest absolute Gasteiger partial charge is 0.409 e. The molecule has 1 aromatic rings. The van der Waals surface area contributed by atoms with E-state index < -0.39 is 0 Å². The van der Waals surface area contributed by atoms with E-state index in [-0.39, 0.29) is 5.84 Å². The quantitative estimate of drug-likeness (QED) is 0.352. The normalized spacial score (nSPS) is 12.1. The molecule has 0 saturated heterocycles. The lowest BCUT2D eigenvalue weighted by molar-refractivity contribution is 0.283. The Bertz CT molecular complexity index is 395. The lowest BCUT2D eigenvalue weighted by atomic mass is 10.1. The summed E-state index contributed by atoms with van der Waals surface area (Å²) in [7, 11) is 0. The summed E-state index contributed by atoms with van der Waals surface area (Å²) in [6, 6.07) is 6.59.